The predicted octanol–water partition coefficient (Wildman–Crippen LogP) is 2.90. The molecule has 0 aromatic heterocycles. The second-order valence-corrected chi connectivity index (χ2v) is 5.06. The van der Waals surface area contributed by atoms with Gasteiger partial charge in [-0.1, -0.05) is 65.7 Å². The monoisotopic (exact) mass is 348 g/mol. The highest BCUT2D eigenvalue weighted by Gasteiger charge is 2.25. The van der Waals surface area contributed by atoms with Crippen molar-refractivity contribution in [3.05, 3.63) is 92.0 Å². The first-order chi connectivity index (χ1) is 12.1. The highest BCUT2D eigenvalue weighted by Crippen LogP contribution is 2.18. The average Bonchev–Trinajstić information content (AvgIpc) is 2.62. The minimum atomic E-state index is -1.13. The van der Waals surface area contributed by atoms with Crippen LogP contribution in [0.2, 0.25) is 0 Å². The molecule has 0 spiro atoms. The average molecular weight is 348 g/mol. The summed E-state index contributed by atoms with van der Waals surface area (Å²) in [4.78, 5) is 30.5. The van der Waals surface area contributed by atoms with E-state index in [9.17, 15) is 20.2 Å². The van der Waals surface area contributed by atoms with Gasteiger partial charge in [-0.05, 0) is 0 Å². The molecular formula is C16H16N2O7. The maximum absolute atomic E-state index is 11.1. The Balaban J connectivity index is 1.81. The minimum Gasteiger partial charge on any atom is -0.264 e. The lowest BCUT2D eigenvalue weighted by molar-refractivity contribution is -0.590. The van der Waals surface area contributed by atoms with Crippen LogP contribution in [0.15, 0.2) is 60.7 Å². The van der Waals surface area contributed by atoms with E-state index in [-0.39, 0.29) is 0 Å². The lowest BCUT2D eigenvalue weighted by atomic mass is 10.1. The zero-order valence-electron chi connectivity index (χ0n) is 13.1. The molecule has 2 atom stereocenters. The topological polar surface area (TPSA) is 114 Å². The molecule has 25 heavy (non-hydrogen) atoms. The number of hydrogen-bond acceptors (Lipinski definition) is 7. The lowest BCUT2D eigenvalue weighted by Crippen LogP contribution is -2.20. The van der Waals surface area contributed by atoms with E-state index in [1.54, 1.807) is 60.7 Å². The summed E-state index contributed by atoms with van der Waals surface area (Å²) < 4.78 is 0. The standard InChI is InChI=1S/C16H16N2O7/c19-17(20)15(13-7-3-1-4-8-13)11-23-25-24-12-16(18(21)22)14-9-5-2-6-10-14/h1-10,15-16H,11-12H2. The molecule has 0 aliphatic carbocycles. The minimum absolute atomic E-state index is 0.397. The highest BCUT2D eigenvalue weighted by atomic mass is 17.5. The molecule has 132 valence electrons. The van der Waals surface area contributed by atoms with Crippen molar-refractivity contribution in [2.45, 2.75) is 12.1 Å². The molecule has 0 saturated carbocycles. The van der Waals surface area contributed by atoms with Crippen molar-refractivity contribution in [3.63, 3.8) is 0 Å². The van der Waals surface area contributed by atoms with Crippen molar-refractivity contribution >= 4 is 0 Å². The normalized spacial score (nSPS) is 13.1. The number of nitro groups is 2. The van der Waals surface area contributed by atoms with E-state index in [4.69, 9.17) is 9.78 Å². The van der Waals surface area contributed by atoms with Gasteiger partial charge in [0.1, 0.15) is 0 Å². The third kappa shape index (κ3) is 5.60. The van der Waals surface area contributed by atoms with Gasteiger partial charge < -0.3 is 0 Å². The van der Waals surface area contributed by atoms with Gasteiger partial charge in [0, 0.05) is 21.0 Å². The van der Waals surface area contributed by atoms with Crippen molar-refractivity contribution < 1.29 is 24.7 Å². The second kappa shape index (κ2) is 9.42. The summed E-state index contributed by atoms with van der Waals surface area (Å²) >= 11 is 0. The zero-order valence-corrected chi connectivity index (χ0v) is 13.1. The molecule has 0 heterocycles. The first-order valence-corrected chi connectivity index (χ1v) is 7.37. The summed E-state index contributed by atoms with van der Waals surface area (Å²) in [5, 5.41) is 26.6. The summed E-state index contributed by atoms with van der Waals surface area (Å²) in [6.45, 7) is -0.795. The van der Waals surface area contributed by atoms with Crippen LogP contribution in [0.25, 0.3) is 0 Å². The second-order valence-electron chi connectivity index (χ2n) is 5.06. The third-order valence-electron chi connectivity index (χ3n) is 3.43. The summed E-state index contributed by atoms with van der Waals surface area (Å²) in [6, 6.07) is 14.3. The molecule has 0 aliphatic heterocycles. The van der Waals surface area contributed by atoms with E-state index in [2.05, 4.69) is 5.04 Å². The van der Waals surface area contributed by atoms with Gasteiger partial charge in [-0.25, -0.2) is 0 Å². The largest absolute Gasteiger partial charge is 0.264 e. The van der Waals surface area contributed by atoms with Crippen LogP contribution < -0.4 is 0 Å². The van der Waals surface area contributed by atoms with Crippen molar-refractivity contribution in [2.75, 3.05) is 13.2 Å². The van der Waals surface area contributed by atoms with Crippen LogP contribution in [0.5, 0.6) is 0 Å². The van der Waals surface area contributed by atoms with E-state index in [0.29, 0.717) is 11.1 Å². The number of rotatable bonds is 10. The van der Waals surface area contributed by atoms with Gasteiger partial charge in [-0.15, -0.1) is 0 Å². The third-order valence-corrected chi connectivity index (χ3v) is 3.43. The van der Waals surface area contributed by atoms with E-state index in [0.717, 1.165) is 0 Å². The van der Waals surface area contributed by atoms with Gasteiger partial charge in [0.2, 0.25) is 0 Å². The van der Waals surface area contributed by atoms with E-state index < -0.39 is 35.1 Å². The van der Waals surface area contributed by atoms with Gasteiger partial charge in [0.25, 0.3) is 12.1 Å². The van der Waals surface area contributed by atoms with Gasteiger partial charge >= 0.3 is 0 Å². The van der Waals surface area contributed by atoms with Crippen LogP contribution in [-0.4, -0.2) is 23.1 Å². The first kappa shape index (κ1) is 18.5. The van der Waals surface area contributed by atoms with Gasteiger partial charge in [0.05, 0.1) is 0 Å². The molecule has 0 radical (unpaired) electrons. The molecule has 0 fully saturated rings. The Kier molecular flexibility index (Phi) is 6.96. The molecule has 0 aliphatic rings. The van der Waals surface area contributed by atoms with E-state index in [1.807, 2.05) is 0 Å². The Labute approximate surface area is 142 Å². The molecule has 0 N–H and O–H groups in total. The molecule has 0 saturated heterocycles. The Bertz CT molecular complexity index is 622. The maximum Gasteiger partial charge on any atom is 0.264 e. The fourth-order valence-electron chi connectivity index (χ4n) is 2.13. The molecule has 2 aromatic carbocycles. The fraction of sp³-hybridized carbons (Fsp3) is 0.250. The molecule has 2 unspecified atom stereocenters. The summed E-state index contributed by atoms with van der Waals surface area (Å²) in [5.74, 6) is 0. The smallest absolute Gasteiger partial charge is 0.264 e. The maximum atomic E-state index is 11.1. The molecular weight excluding hydrogens is 332 g/mol. The van der Waals surface area contributed by atoms with Gasteiger partial charge in [-0.2, -0.15) is 9.78 Å². The fourth-order valence-corrected chi connectivity index (χ4v) is 2.13. The van der Waals surface area contributed by atoms with E-state index >= 15 is 0 Å². The number of nitrogens with zero attached hydrogens (tertiary/aromatic N) is 2. The Morgan fingerprint density at radius 1 is 0.720 bits per heavy atom. The van der Waals surface area contributed by atoms with Crippen molar-refractivity contribution in [3.8, 4) is 0 Å². The van der Waals surface area contributed by atoms with Crippen LogP contribution in [0.3, 0.4) is 0 Å². The van der Waals surface area contributed by atoms with Crippen LogP contribution in [0.1, 0.15) is 23.2 Å². The summed E-state index contributed by atoms with van der Waals surface area (Å²) in [5.41, 5.74) is 0.895. The quantitative estimate of drug-likeness (QED) is 0.281. The number of benzene rings is 2. The van der Waals surface area contributed by atoms with Crippen molar-refractivity contribution in [1.82, 2.24) is 0 Å². The van der Waals surface area contributed by atoms with Crippen LogP contribution in [0.4, 0.5) is 0 Å². The Morgan fingerprint density at radius 3 is 1.40 bits per heavy atom. The SMILES string of the molecule is O=[N+]([O-])C(COOOCC(c1ccccc1)[N+](=O)[O-])c1ccccc1. The first-order valence-electron chi connectivity index (χ1n) is 7.37. The highest BCUT2D eigenvalue weighted by molar-refractivity contribution is 5.18. The molecule has 0 bridgehead atoms. The Hall–Kier alpha value is -2.88. The molecule has 0 amide bonds. The van der Waals surface area contributed by atoms with Gasteiger partial charge in [0.15, 0.2) is 13.2 Å². The summed E-state index contributed by atoms with van der Waals surface area (Å²) in [6.07, 6.45) is 0. The number of hydrogen-bond donors (Lipinski definition) is 0. The molecule has 2 aromatic rings. The van der Waals surface area contributed by atoms with Crippen molar-refractivity contribution in [2.24, 2.45) is 0 Å². The molecule has 9 nitrogen and oxygen atoms in total. The van der Waals surface area contributed by atoms with Crippen LogP contribution in [0, 0.1) is 20.2 Å². The van der Waals surface area contributed by atoms with E-state index in [1.165, 1.54) is 0 Å². The lowest BCUT2D eigenvalue weighted by Gasteiger charge is -2.11. The van der Waals surface area contributed by atoms with Gasteiger partial charge in [-0.3, -0.25) is 20.2 Å². The van der Waals surface area contributed by atoms with Crippen LogP contribution >= 0.6 is 0 Å². The molecule has 9 heteroatoms. The predicted molar refractivity (Wildman–Crippen MR) is 85.3 cm³/mol. The van der Waals surface area contributed by atoms with Crippen LogP contribution in [-0.2, 0) is 14.8 Å². The molecule has 2 rings (SSSR count). The zero-order chi connectivity index (χ0) is 18.1. The Morgan fingerprint density at radius 2 is 1.08 bits per heavy atom. The van der Waals surface area contributed by atoms with Crippen molar-refractivity contribution in [1.29, 1.82) is 0 Å². The summed E-state index contributed by atoms with van der Waals surface area (Å²) in [7, 11) is 0.